The van der Waals surface area contributed by atoms with Crippen LogP contribution in [0.4, 0.5) is 0 Å². The molecular weight excluding hydrogens is 288 g/mol. The van der Waals surface area contributed by atoms with Crippen LogP contribution in [0.5, 0.6) is 5.75 Å². The van der Waals surface area contributed by atoms with E-state index in [0.717, 1.165) is 13.0 Å². The molecule has 22 heavy (non-hydrogen) atoms. The molecule has 0 amide bonds. The number of aromatic nitrogens is 1. The Labute approximate surface area is 128 Å². The maximum atomic E-state index is 11.8. The minimum atomic E-state index is -0.814. The van der Waals surface area contributed by atoms with Crippen molar-refractivity contribution in [1.29, 1.82) is 0 Å². The lowest BCUT2D eigenvalue weighted by molar-refractivity contribution is -0.143. The number of aliphatic hydroxyl groups excluding tert-OH is 1. The molecule has 2 heterocycles. The fraction of sp³-hybridized carbons (Fsp3) is 0.600. The first-order chi connectivity index (χ1) is 10.5. The Balaban J connectivity index is 2.30. The van der Waals surface area contributed by atoms with E-state index >= 15 is 0 Å². The summed E-state index contributed by atoms with van der Waals surface area (Å²) in [7, 11) is 0. The van der Waals surface area contributed by atoms with Gasteiger partial charge in [0.1, 0.15) is 0 Å². The average Bonchev–Trinajstić information content (AvgIpc) is 2.51. The van der Waals surface area contributed by atoms with Gasteiger partial charge in [-0.25, -0.2) is 0 Å². The van der Waals surface area contributed by atoms with E-state index in [2.05, 4.69) is 0 Å². The van der Waals surface area contributed by atoms with Gasteiger partial charge in [0.25, 0.3) is 0 Å². The van der Waals surface area contributed by atoms with Crippen molar-refractivity contribution in [1.82, 2.24) is 9.47 Å². The van der Waals surface area contributed by atoms with Gasteiger partial charge in [0.15, 0.2) is 5.75 Å². The molecule has 0 bridgehead atoms. The number of hydrogen-bond donors (Lipinski definition) is 3. The number of nitrogens with zero attached hydrogens (tertiary/aromatic N) is 2. The Morgan fingerprint density at radius 2 is 2.18 bits per heavy atom. The van der Waals surface area contributed by atoms with Crippen molar-refractivity contribution >= 4 is 5.97 Å². The van der Waals surface area contributed by atoms with Gasteiger partial charge in [-0.15, -0.1) is 0 Å². The van der Waals surface area contributed by atoms with Gasteiger partial charge in [0.05, 0.1) is 18.2 Å². The van der Waals surface area contributed by atoms with E-state index in [1.165, 1.54) is 6.07 Å². The lowest BCUT2D eigenvalue weighted by Gasteiger charge is -2.31. The Morgan fingerprint density at radius 1 is 1.45 bits per heavy atom. The van der Waals surface area contributed by atoms with Gasteiger partial charge in [0.2, 0.25) is 5.43 Å². The second-order valence-corrected chi connectivity index (χ2v) is 5.61. The van der Waals surface area contributed by atoms with Gasteiger partial charge >= 0.3 is 5.97 Å². The number of carbonyl (C=O) groups is 1. The lowest BCUT2D eigenvalue weighted by atomic mass is 9.98. The van der Waals surface area contributed by atoms with Crippen LogP contribution in [0.1, 0.15) is 31.2 Å². The number of rotatable bonds is 5. The molecule has 122 valence electrons. The highest BCUT2D eigenvalue weighted by Crippen LogP contribution is 2.22. The molecule has 2 rings (SSSR count). The van der Waals surface area contributed by atoms with Crippen molar-refractivity contribution in [2.24, 2.45) is 5.92 Å². The quantitative estimate of drug-likeness (QED) is 0.726. The maximum Gasteiger partial charge on any atom is 0.307 e. The number of aliphatic hydroxyl groups is 1. The van der Waals surface area contributed by atoms with Crippen molar-refractivity contribution < 1.29 is 20.1 Å². The summed E-state index contributed by atoms with van der Waals surface area (Å²) in [6, 6.07) is 1.23. The molecule has 0 radical (unpaired) electrons. The topological polar surface area (TPSA) is 103 Å². The van der Waals surface area contributed by atoms with Gasteiger partial charge in [-0.1, -0.05) is 0 Å². The SMILES string of the molecule is CCn1c(CO)cc(=O)c(O)c1CN1CCCC(C(=O)O)C1. The van der Waals surface area contributed by atoms with Crippen LogP contribution in [0.2, 0.25) is 0 Å². The van der Waals surface area contributed by atoms with Crippen LogP contribution in [-0.2, 0) is 24.5 Å². The smallest absolute Gasteiger partial charge is 0.307 e. The Morgan fingerprint density at radius 3 is 2.77 bits per heavy atom. The van der Waals surface area contributed by atoms with Crippen LogP contribution >= 0.6 is 0 Å². The standard InChI is InChI=1S/C15H22N2O5/c1-2-17-11(9-18)6-13(19)14(20)12(17)8-16-5-3-4-10(7-16)15(21)22/h6,10,18,20H,2-5,7-9H2,1H3,(H,21,22). The van der Waals surface area contributed by atoms with Crippen molar-refractivity contribution in [3.8, 4) is 5.75 Å². The molecule has 1 atom stereocenters. The van der Waals surface area contributed by atoms with E-state index in [4.69, 9.17) is 5.11 Å². The van der Waals surface area contributed by atoms with Gasteiger partial charge in [-0.3, -0.25) is 14.5 Å². The van der Waals surface area contributed by atoms with Crippen LogP contribution in [0, 0.1) is 5.92 Å². The first-order valence-corrected chi connectivity index (χ1v) is 7.48. The predicted octanol–water partition coefficient (Wildman–Crippen LogP) is 0.363. The molecule has 0 aliphatic carbocycles. The minimum Gasteiger partial charge on any atom is -0.503 e. The van der Waals surface area contributed by atoms with E-state index in [1.54, 1.807) is 4.57 Å². The van der Waals surface area contributed by atoms with E-state index in [-0.39, 0.29) is 12.4 Å². The van der Waals surface area contributed by atoms with Crippen molar-refractivity contribution in [3.05, 3.63) is 27.7 Å². The molecular formula is C15H22N2O5. The Bertz CT molecular complexity index is 611. The zero-order chi connectivity index (χ0) is 16.3. The molecule has 1 unspecified atom stereocenters. The monoisotopic (exact) mass is 310 g/mol. The third-order valence-corrected chi connectivity index (χ3v) is 4.18. The highest BCUT2D eigenvalue weighted by Gasteiger charge is 2.27. The molecule has 1 fully saturated rings. The van der Waals surface area contributed by atoms with Crippen molar-refractivity contribution in [2.75, 3.05) is 13.1 Å². The first-order valence-electron chi connectivity index (χ1n) is 7.48. The number of aromatic hydroxyl groups is 1. The largest absolute Gasteiger partial charge is 0.503 e. The van der Waals surface area contributed by atoms with Gasteiger partial charge < -0.3 is 19.9 Å². The van der Waals surface area contributed by atoms with Gasteiger partial charge in [0, 0.05) is 31.4 Å². The maximum absolute atomic E-state index is 11.8. The Kier molecular flexibility index (Phi) is 5.20. The zero-order valence-electron chi connectivity index (χ0n) is 12.7. The summed E-state index contributed by atoms with van der Waals surface area (Å²) in [5.74, 6) is -1.55. The first kappa shape index (κ1) is 16.5. The number of likely N-dealkylation sites (tertiary alicyclic amines) is 1. The fourth-order valence-electron chi connectivity index (χ4n) is 3.04. The number of pyridine rings is 1. The van der Waals surface area contributed by atoms with Crippen LogP contribution in [0.25, 0.3) is 0 Å². The second-order valence-electron chi connectivity index (χ2n) is 5.61. The molecule has 1 aliphatic rings. The molecule has 0 spiro atoms. The zero-order valence-corrected chi connectivity index (χ0v) is 12.7. The van der Waals surface area contributed by atoms with E-state index in [0.29, 0.717) is 37.4 Å². The van der Waals surface area contributed by atoms with Crippen LogP contribution in [0.3, 0.4) is 0 Å². The lowest BCUT2D eigenvalue weighted by Crippen LogP contribution is -2.39. The number of carboxylic acids is 1. The van der Waals surface area contributed by atoms with Gasteiger partial charge in [-0.05, 0) is 26.3 Å². The number of carboxylic acid groups (broad SMARTS) is 1. The molecule has 1 aromatic rings. The Hall–Kier alpha value is -1.86. The number of hydrogen-bond acceptors (Lipinski definition) is 5. The third kappa shape index (κ3) is 3.31. The van der Waals surface area contributed by atoms with Crippen LogP contribution < -0.4 is 5.43 Å². The molecule has 0 saturated carbocycles. The number of aliphatic carboxylic acids is 1. The summed E-state index contributed by atoms with van der Waals surface area (Å²) in [4.78, 5) is 24.9. The highest BCUT2D eigenvalue weighted by atomic mass is 16.4. The number of piperidine rings is 1. The summed E-state index contributed by atoms with van der Waals surface area (Å²) >= 11 is 0. The van der Waals surface area contributed by atoms with Crippen molar-refractivity contribution in [3.63, 3.8) is 0 Å². The summed E-state index contributed by atoms with van der Waals surface area (Å²) in [5.41, 5.74) is 0.368. The average molecular weight is 310 g/mol. The van der Waals surface area contributed by atoms with Crippen LogP contribution in [-0.4, -0.2) is 43.8 Å². The molecule has 3 N–H and O–H groups in total. The summed E-state index contributed by atoms with van der Waals surface area (Å²) in [6.45, 7) is 3.51. The molecule has 7 nitrogen and oxygen atoms in total. The van der Waals surface area contributed by atoms with E-state index < -0.39 is 17.3 Å². The third-order valence-electron chi connectivity index (χ3n) is 4.18. The highest BCUT2D eigenvalue weighted by molar-refractivity contribution is 5.70. The summed E-state index contributed by atoms with van der Waals surface area (Å²) in [5, 5.41) is 28.6. The van der Waals surface area contributed by atoms with Crippen molar-refractivity contribution in [2.45, 2.75) is 39.5 Å². The fourth-order valence-corrected chi connectivity index (χ4v) is 3.04. The molecule has 1 saturated heterocycles. The molecule has 1 aromatic heterocycles. The van der Waals surface area contributed by atoms with E-state index in [1.807, 2.05) is 11.8 Å². The minimum absolute atomic E-state index is 0.284. The normalized spacial score (nSPS) is 19.3. The predicted molar refractivity (Wildman–Crippen MR) is 79.6 cm³/mol. The van der Waals surface area contributed by atoms with Gasteiger partial charge in [-0.2, -0.15) is 0 Å². The second kappa shape index (κ2) is 6.93. The molecule has 0 aromatic carbocycles. The van der Waals surface area contributed by atoms with Crippen LogP contribution in [0.15, 0.2) is 10.9 Å². The molecule has 7 heteroatoms. The summed E-state index contributed by atoms with van der Waals surface area (Å²) in [6.07, 6.45) is 1.42. The molecule has 1 aliphatic heterocycles. The van der Waals surface area contributed by atoms with E-state index in [9.17, 15) is 19.8 Å². The summed E-state index contributed by atoms with van der Waals surface area (Å²) < 4.78 is 1.71.